The number of aryl methyl sites for hydroxylation is 2. The van der Waals surface area contributed by atoms with Crippen LogP contribution in [-0.4, -0.2) is 53.8 Å². The number of nitrogens with one attached hydrogen (secondary N) is 1. The maximum atomic E-state index is 13.5. The fraction of sp³-hybridized carbons (Fsp3) is 0.407. The molecule has 1 aromatic carbocycles. The Labute approximate surface area is 222 Å². The molecule has 1 amide bonds. The van der Waals surface area contributed by atoms with Gasteiger partial charge in [0.15, 0.2) is 0 Å². The van der Waals surface area contributed by atoms with Gasteiger partial charge in [-0.25, -0.2) is 18.2 Å². The summed E-state index contributed by atoms with van der Waals surface area (Å²) < 4.78 is 27.4. The van der Waals surface area contributed by atoms with E-state index in [4.69, 9.17) is 9.72 Å². The van der Waals surface area contributed by atoms with Crippen LogP contribution in [0.3, 0.4) is 0 Å². The number of anilines is 1. The number of aromatic nitrogens is 5. The third kappa shape index (κ3) is 4.78. The van der Waals surface area contributed by atoms with Gasteiger partial charge in [0.1, 0.15) is 0 Å². The van der Waals surface area contributed by atoms with Crippen molar-refractivity contribution >= 4 is 32.6 Å². The number of hydrogen-bond donors (Lipinski definition) is 1. The number of fused-ring (bicyclic) bond motifs is 7. The van der Waals surface area contributed by atoms with Crippen molar-refractivity contribution in [2.45, 2.75) is 45.1 Å². The van der Waals surface area contributed by atoms with Gasteiger partial charge in [0.2, 0.25) is 11.8 Å². The van der Waals surface area contributed by atoms with Gasteiger partial charge in [0.25, 0.3) is 5.91 Å². The Hall–Kier alpha value is -3.73. The lowest BCUT2D eigenvalue weighted by atomic mass is 10.1. The van der Waals surface area contributed by atoms with Crippen molar-refractivity contribution in [2.75, 3.05) is 24.7 Å². The van der Waals surface area contributed by atoms with Crippen molar-refractivity contribution in [3.63, 3.8) is 0 Å². The number of rotatable bonds is 2. The molecule has 38 heavy (non-hydrogen) atoms. The van der Waals surface area contributed by atoms with Crippen LogP contribution in [0.5, 0.6) is 5.88 Å². The average molecular weight is 536 g/mol. The van der Waals surface area contributed by atoms with Gasteiger partial charge in [-0.3, -0.25) is 15.1 Å². The normalized spacial score (nSPS) is 17.8. The number of carbonyl (C=O) groups excluding carboxylic acids is 1. The van der Waals surface area contributed by atoms with Gasteiger partial charge in [-0.15, -0.1) is 0 Å². The molecule has 0 radical (unpaired) electrons. The van der Waals surface area contributed by atoms with Gasteiger partial charge in [0, 0.05) is 42.5 Å². The predicted molar refractivity (Wildman–Crippen MR) is 148 cm³/mol. The van der Waals surface area contributed by atoms with E-state index in [1.54, 1.807) is 30.1 Å². The standard InChI is InChI=1S/C27H33N7O3S/c1-6-38(36,28-4)20-9-10-22-24(14-20)34-16-17(2)8-7-11-37-26-21(15-29-33(26)5)23-13-19(12-18(3)30-23)25(35)32-27(34)31-22/h9-10,12-15,17H,6-8,11,16H2,1-5H3,(H,31,32,35). The summed E-state index contributed by atoms with van der Waals surface area (Å²) >= 11 is 0. The highest BCUT2D eigenvalue weighted by molar-refractivity contribution is 7.93. The fourth-order valence-electron chi connectivity index (χ4n) is 4.87. The first-order valence-electron chi connectivity index (χ1n) is 12.8. The molecule has 0 saturated heterocycles. The van der Waals surface area contributed by atoms with Gasteiger partial charge >= 0.3 is 0 Å². The molecule has 0 spiro atoms. The van der Waals surface area contributed by atoms with E-state index in [2.05, 4.69) is 26.7 Å². The van der Waals surface area contributed by atoms with Crippen molar-refractivity contribution < 1.29 is 13.7 Å². The number of benzene rings is 1. The Bertz CT molecular complexity index is 1650. The van der Waals surface area contributed by atoms with Crippen molar-refractivity contribution in [3.05, 3.63) is 47.8 Å². The summed E-state index contributed by atoms with van der Waals surface area (Å²) in [6.45, 7) is 7.06. The summed E-state index contributed by atoms with van der Waals surface area (Å²) in [6, 6.07) is 9.08. The predicted octanol–water partition coefficient (Wildman–Crippen LogP) is 4.68. The molecule has 0 saturated carbocycles. The quantitative estimate of drug-likeness (QED) is 0.398. The van der Waals surface area contributed by atoms with Crippen LogP contribution in [0.1, 0.15) is 42.7 Å². The summed E-state index contributed by atoms with van der Waals surface area (Å²) in [5.41, 5.74) is 4.08. The zero-order valence-corrected chi connectivity index (χ0v) is 23.2. The molecule has 200 valence electrons. The lowest BCUT2D eigenvalue weighted by Crippen LogP contribution is -2.18. The highest BCUT2D eigenvalue weighted by Crippen LogP contribution is 2.31. The van der Waals surface area contributed by atoms with E-state index in [0.717, 1.165) is 29.4 Å². The van der Waals surface area contributed by atoms with Crippen LogP contribution in [0, 0.1) is 12.8 Å². The molecule has 2 bridgehead atoms. The second-order valence-corrected chi connectivity index (χ2v) is 12.4. The molecule has 10 nitrogen and oxygen atoms in total. The summed E-state index contributed by atoms with van der Waals surface area (Å²) in [4.78, 5) is 23.6. The molecule has 1 N–H and O–H groups in total. The van der Waals surface area contributed by atoms with Crippen molar-refractivity contribution in [1.82, 2.24) is 24.3 Å². The van der Waals surface area contributed by atoms with Crippen molar-refractivity contribution in [1.29, 1.82) is 0 Å². The monoisotopic (exact) mass is 535 g/mol. The maximum Gasteiger partial charge on any atom is 0.258 e. The number of imidazole rings is 1. The Morgan fingerprint density at radius 2 is 2.05 bits per heavy atom. The first-order chi connectivity index (χ1) is 18.2. The Morgan fingerprint density at radius 3 is 2.82 bits per heavy atom. The highest BCUT2D eigenvalue weighted by Gasteiger charge is 2.21. The van der Waals surface area contributed by atoms with Gasteiger partial charge in [0.05, 0.1) is 44.8 Å². The number of ether oxygens (including phenoxy) is 1. The lowest BCUT2D eigenvalue weighted by molar-refractivity contribution is 0.102. The molecule has 1 aliphatic rings. The maximum absolute atomic E-state index is 13.5. The van der Waals surface area contributed by atoms with Crippen molar-refractivity contribution in [2.24, 2.45) is 17.3 Å². The number of hydrogen-bond acceptors (Lipinski definition) is 7. The number of nitrogens with zero attached hydrogens (tertiary/aromatic N) is 6. The highest BCUT2D eigenvalue weighted by atomic mass is 32.2. The Kier molecular flexibility index (Phi) is 6.95. The smallest absolute Gasteiger partial charge is 0.258 e. The van der Waals surface area contributed by atoms with Crippen LogP contribution in [0.25, 0.3) is 22.3 Å². The molecule has 2 atom stereocenters. The van der Waals surface area contributed by atoms with Gasteiger partial charge in [-0.1, -0.05) is 13.8 Å². The van der Waals surface area contributed by atoms with E-state index >= 15 is 0 Å². The van der Waals surface area contributed by atoms with Gasteiger partial charge in [-0.05, 0) is 56.0 Å². The van der Waals surface area contributed by atoms with E-state index in [9.17, 15) is 9.00 Å². The van der Waals surface area contributed by atoms with Crippen LogP contribution in [0.15, 0.2) is 45.8 Å². The van der Waals surface area contributed by atoms with Gasteiger partial charge < -0.3 is 9.30 Å². The first-order valence-corrected chi connectivity index (χ1v) is 14.5. The van der Waals surface area contributed by atoms with E-state index in [1.165, 1.54) is 0 Å². The molecule has 4 aromatic rings. The van der Waals surface area contributed by atoms with Crippen LogP contribution in [0.2, 0.25) is 0 Å². The van der Waals surface area contributed by atoms with Crippen molar-refractivity contribution in [3.8, 4) is 17.1 Å². The van der Waals surface area contributed by atoms with E-state index in [1.807, 2.05) is 43.7 Å². The molecule has 2 unspecified atom stereocenters. The second kappa shape index (κ2) is 10.2. The largest absolute Gasteiger partial charge is 0.477 e. The molecule has 11 heteroatoms. The molecule has 3 aromatic heterocycles. The number of carbonyl (C=O) groups is 1. The molecule has 5 rings (SSSR count). The summed E-state index contributed by atoms with van der Waals surface area (Å²) in [7, 11) is 0.910. The van der Waals surface area contributed by atoms with Gasteiger partial charge in [-0.2, -0.15) is 5.10 Å². The minimum Gasteiger partial charge on any atom is -0.477 e. The van der Waals surface area contributed by atoms with E-state index in [-0.39, 0.29) is 11.8 Å². The Morgan fingerprint density at radius 1 is 1.24 bits per heavy atom. The third-order valence-electron chi connectivity index (χ3n) is 6.95. The number of pyridine rings is 1. The Balaban J connectivity index is 1.63. The average Bonchev–Trinajstić information content (AvgIpc) is 3.44. The first kappa shape index (κ1) is 25.9. The SMILES string of the molecule is CCS(=O)(=NC)c1ccc2nc3n(c2c1)CC(C)CCCOc1c(cnn1C)-c1cc(cc(C)n1)C(=O)N3. The topological polar surface area (TPSA) is 116 Å². The molecule has 4 heterocycles. The fourth-order valence-corrected chi connectivity index (χ4v) is 6.25. The molecular weight excluding hydrogens is 502 g/mol. The third-order valence-corrected chi connectivity index (χ3v) is 9.31. The second-order valence-electron chi connectivity index (χ2n) is 9.73. The van der Waals surface area contributed by atoms with Crippen LogP contribution < -0.4 is 10.1 Å². The summed E-state index contributed by atoms with van der Waals surface area (Å²) in [5, 5.41) is 7.39. The van der Waals surface area contributed by atoms with Crippen LogP contribution in [0.4, 0.5) is 5.95 Å². The van der Waals surface area contributed by atoms with E-state index < -0.39 is 9.73 Å². The molecule has 1 aliphatic heterocycles. The van der Waals surface area contributed by atoms with E-state index in [0.29, 0.717) is 52.6 Å². The minimum atomic E-state index is -2.52. The van der Waals surface area contributed by atoms with Crippen LogP contribution >= 0.6 is 0 Å². The lowest BCUT2D eigenvalue weighted by Gasteiger charge is -2.16. The summed E-state index contributed by atoms with van der Waals surface area (Å²) in [6.07, 6.45) is 3.46. The molecule has 0 aliphatic carbocycles. The zero-order chi connectivity index (χ0) is 27.0. The van der Waals surface area contributed by atoms with Crippen LogP contribution in [-0.2, 0) is 23.3 Å². The molecule has 0 fully saturated rings. The summed E-state index contributed by atoms with van der Waals surface area (Å²) in [5.74, 6) is 1.48. The minimum absolute atomic E-state index is 0.266. The zero-order valence-electron chi connectivity index (χ0n) is 22.4. The molecular formula is C27H33N7O3S. The number of amides is 1.